The van der Waals surface area contributed by atoms with E-state index < -0.39 is 0 Å². The van der Waals surface area contributed by atoms with Crippen LogP contribution in [0.3, 0.4) is 0 Å². The Labute approximate surface area is 104 Å². The Morgan fingerprint density at radius 1 is 1.41 bits per heavy atom. The zero-order chi connectivity index (χ0) is 12.3. The van der Waals surface area contributed by atoms with E-state index in [1.165, 1.54) is 30.4 Å². The third-order valence-corrected chi connectivity index (χ3v) is 3.93. The van der Waals surface area contributed by atoms with Gasteiger partial charge in [0.2, 0.25) is 0 Å². The maximum Gasteiger partial charge on any atom is 0.0804 e. The smallest absolute Gasteiger partial charge is 0.0804 e. The molecule has 1 aromatic rings. The molecule has 0 fully saturated rings. The predicted molar refractivity (Wildman–Crippen MR) is 69.2 cm³/mol. The molecule has 0 bridgehead atoms. The van der Waals surface area contributed by atoms with Crippen LogP contribution in [0.2, 0.25) is 0 Å². The Bertz CT molecular complexity index is 362. The Kier molecular flexibility index (Phi) is 4.19. The van der Waals surface area contributed by atoms with Crippen molar-refractivity contribution in [1.29, 1.82) is 0 Å². The van der Waals surface area contributed by atoms with Crippen molar-refractivity contribution in [1.82, 2.24) is 0 Å². The van der Waals surface area contributed by atoms with Gasteiger partial charge in [0.1, 0.15) is 0 Å². The van der Waals surface area contributed by atoms with Gasteiger partial charge in [0.15, 0.2) is 0 Å². The quantitative estimate of drug-likeness (QED) is 0.868. The fourth-order valence-corrected chi connectivity index (χ4v) is 2.74. The SMILES string of the molecule is COC(C)C(O)CC1CCCc2ccccc21. The predicted octanol–water partition coefficient (Wildman–Crippen LogP) is 2.89. The summed E-state index contributed by atoms with van der Waals surface area (Å²) in [5.74, 6) is 0.493. The average Bonchev–Trinajstić information content (AvgIpc) is 2.38. The lowest BCUT2D eigenvalue weighted by Gasteiger charge is -2.28. The highest BCUT2D eigenvalue weighted by Crippen LogP contribution is 2.35. The van der Waals surface area contributed by atoms with Gasteiger partial charge < -0.3 is 9.84 Å². The molecule has 2 nitrogen and oxygen atoms in total. The summed E-state index contributed by atoms with van der Waals surface area (Å²) in [7, 11) is 1.66. The maximum atomic E-state index is 10.1. The summed E-state index contributed by atoms with van der Waals surface area (Å²) in [5, 5.41) is 10.1. The molecule has 1 aliphatic carbocycles. The third-order valence-electron chi connectivity index (χ3n) is 3.93. The largest absolute Gasteiger partial charge is 0.390 e. The number of benzene rings is 1. The van der Waals surface area contributed by atoms with Crippen molar-refractivity contribution in [2.75, 3.05) is 7.11 Å². The molecule has 1 aliphatic rings. The van der Waals surface area contributed by atoms with Gasteiger partial charge in [-0.2, -0.15) is 0 Å². The van der Waals surface area contributed by atoms with Crippen LogP contribution in [0.4, 0.5) is 0 Å². The van der Waals surface area contributed by atoms with Crippen LogP contribution in [0.25, 0.3) is 0 Å². The minimum absolute atomic E-state index is 0.0795. The molecule has 3 atom stereocenters. The van der Waals surface area contributed by atoms with E-state index in [-0.39, 0.29) is 12.2 Å². The standard InChI is InChI=1S/C15H22O2/c1-11(17-2)15(16)10-13-8-5-7-12-6-3-4-9-14(12)13/h3-4,6,9,11,13,15-16H,5,7-8,10H2,1-2H3. The van der Waals surface area contributed by atoms with Crippen LogP contribution in [0.5, 0.6) is 0 Å². The fourth-order valence-electron chi connectivity index (χ4n) is 2.74. The van der Waals surface area contributed by atoms with E-state index in [4.69, 9.17) is 4.74 Å². The third kappa shape index (κ3) is 2.88. The van der Waals surface area contributed by atoms with Crippen LogP contribution in [-0.2, 0) is 11.2 Å². The summed E-state index contributed by atoms with van der Waals surface area (Å²) in [5.41, 5.74) is 2.89. The molecule has 1 N–H and O–H groups in total. The van der Waals surface area contributed by atoms with Gasteiger partial charge in [0, 0.05) is 7.11 Å². The number of aliphatic hydroxyl groups is 1. The maximum absolute atomic E-state index is 10.1. The molecule has 17 heavy (non-hydrogen) atoms. The Morgan fingerprint density at radius 2 is 2.18 bits per heavy atom. The molecule has 0 saturated carbocycles. The van der Waals surface area contributed by atoms with Gasteiger partial charge in [0.05, 0.1) is 12.2 Å². The molecular formula is C15H22O2. The summed E-state index contributed by atoms with van der Waals surface area (Å²) in [6, 6.07) is 8.63. The molecule has 0 amide bonds. The van der Waals surface area contributed by atoms with Crippen LogP contribution in [0, 0.1) is 0 Å². The molecule has 0 aliphatic heterocycles. The molecule has 0 saturated heterocycles. The van der Waals surface area contributed by atoms with Crippen LogP contribution < -0.4 is 0 Å². The number of aliphatic hydroxyl groups excluding tert-OH is 1. The monoisotopic (exact) mass is 234 g/mol. The average molecular weight is 234 g/mol. The Balaban J connectivity index is 2.08. The van der Waals surface area contributed by atoms with Gasteiger partial charge in [-0.05, 0) is 49.7 Å². The lowest BCUT2D eigenvalue weighted by atomic mass is 9.79. The summed E-state index contributed by atoms with van der Waals surface area (Å²) >= 11 is 0. The van der Waals surface area contributed by atoms with Gasteiger partial charge in [-0.1, -0.05) is 24.3 Å². The van der Waals surface area contributed by atoms with E-state index in [1.807, 2.05) is 6.92 Å². The van der Waals surface area contributed by atoms with Crippen molar-refractivity contribution in [2.45, 2.75) is 50.7 Å². The molecular weight excluding hydrogens is 212 g/mol. The topological polar surface area (TPSA) is 29.5 Å². The Hall–Kier alpha value is -0.860. The van der Waals surface area contributed by atoms with Gasteiger partial charge in [-0.3, -0.25) is 0 Å². The van der Waals surface area contributed by atoms with Crippen LogP contribution in [-0.4, -0.2) is 24.4 Å². The van der Waals surface area contributed by atoms with Crippen molar-refractivity contribution < 1.29 is 9.84 Å². The Morgan fingerprint density at radius 3 is 2.94 bits per heavy atom. The lowest BCUT2D eigenvalue weighted by Crippen LogP contribution is -2.27. The van der Waals surface area contributed by atoms with Crippen molar-refractivity contribution in [3.8, 4) is 0 Å². The lowest BCUT2D eigenvalue weighted by molar-refractivity contribution is -0.00833. The highest BCUT2D eigenvalue weighted by Gasteiger charge is 2.24. The van der Waals surface area contributed by atoms with Crippen molar-refractivity contribution in [3.05, 3.63) is 35.4 Å². The van der Waals surface area contributed by atoms with Crippen LogP contribution in [0.15, 0.2) is 24.3 Å². The summed E-state index contributed by atoms with van der Waals surface area (Å²) in [4.78, 5) is 0. The molecule has 2 heteroatoms. The van der Waals surface area contributed by atoms with Crippen molar-refractivity contribution in [2.24, 2.45) is 0 Å². The molecule has 0 radical (unpaired) electrons. The fraction of sp³-hybridized carbons (Fsp3) is 0.600. The molecule has 0 aromatic heterocycles. The van der Waals surface area contributed by atoms with E-state index in [2.05, 4.69) is 24.3 Å². The van der Waals surface area contributed by atoms with Gasteiger partial charge >= 0.3 is 0 Å². The molecule has 3 unspecified atom stereocenters. The summed E-state index contributed by atoms with van der Waals surface area (Å²) in [6.07, 6.45) is 3.97. The molecule has 1 aromatic carbocycles. The zero-order valence-electron chi connectivity index (χ0n) is 10.7. The van der Waals surface area contributed by atoms with E-state index in [1.54, 1.807) is 7.11 Å². The highest BCUT2D eigenvalue weighted by atomic mass is 16.5. The molecule has 0 heterocycles. The first-order valence-electron chi connectivity index (χ1n) is 6.51. The van der Waals surface area contributed by atoms with Gasteiger partial charge in [-0.25, -0.2) is 0 Å². The van der Waals surface area contributed by atoms with E-state index in [9.17, 15) is 5.11 Å². The molecule has 2 rings (SSSR count). The molecule has 94 valence electrons. The zero-order valence-corrected chi connectivity index (χ0v) is 10.7. The van der Waals surface area contributed by atoms with Gasteiger partial charge in [0.25, 0.3) is 0 Å². The second-order valence-corrected chi connectivity index (χ2v) is 5.03. The van der Waals surface area contributed by atoms with E-state index in [0.717, 1.165) is 6.42 Å². The summed E-state index contributed by atoms with van der Waals surface area (Å²) < 4.78 is 5.19. The number of fused-ring (bicyclic) bond motifs is 1. The van der Waals surface area contributed by atoms with Crippen molar-refractivity contribution in [3.63, 3.8) is 0 Å². The van der Waals surface area contributed by atoms with E-state index in [0.29, 0.717) is 5.92 Å². The van der Waals surface area contributed by atoms with Gasteiger partial charge in [-0.15, -0.1) is 0 Å². The number of aryl methyl sites for hydroxylation is 1. The first kappa shape index (κ1) is 12.6. The van der Waals surface area contributed by atoms with Crippen LogP contribution >= 0.6 is 0 Å². The number of hydrogen-bond acceptors (Lipinski definition) is 2. The summed E-state index contributed by atoms with van der Waals surface area (Å²) in [6.45, 7) is 1.93. The van der Waals surface area contributed by atoms with E-state index >= 15 is 0 Å². The minimum atomic E-state index is -0.365. The minimum Gasteiger partial charge on any atom is -0.390 e. The normalized spacial score (nSPS) is 22.9. The first-order chi connectivity index (χ1) is 8.22. The van der Waals surface area contributed by atoms with Crippen LogP contribution in [0.1, 0.15) is 43.2 Å². The second kappa shape index (κ2) is 5.65. The molecule has 0 spiro atoms. The number of rotatable bonds is 4. The number of methoxy groups -OCH3 is 1. The first-order valence-corrected chi connectivity index (χ1v) is 6.51. The number of hydrogen-bond donors (Lipinski definition) is 1. The van der Waals surface area contributed by atoms with Crippen molar-refractivity contribution >= 4 is 0 Å². The number of ether oxygens (including phenoxy) is 1. The highest BCUT2D eigenvalue weighted by molar-refractivity contribution is 5.32. The second-order valence-electron chi connectivity index (χ2n) is 5.03.